The number of nitrogens with zero attached hydrogens (tertiary/aromatic N) is 1. The first-order valence-electron chi connectivity index (χ1n) is 5.97. The molecule has 16 heavy (non-hydrogen) atoms. The van der Waals surface area contributed by atoms with Crippen molar-refractivity contribution >= 4 is 11.6 Å². The molecule has 0 spiro atoms. The summed E-state index contributed by atoms with van der Waals surface area (Å²) < 4.78 is 0. The Labute approximate surface area is 102 Å². The molecule has 0 saturated carbocycles. The summed E-state index contributed by atoms with van der Waals surface area (Å²) in [5.41, 5.74) is 7.17. The van der Waals surface area contributed by atoms with E-state index in [4.69, 9.17) is 17.3 Å². The van der Waals surface area contributed by atoms with Crippen LogP contribution in [0.5, 0.6) is 0 Å². The molecule has 2 nitrogen and oxygen atoms in total. The van der Waals surface area contributed by atoms with Crippen LogP contribution in [0.25, 0.3) is 0 Å². The molecule has 2 N–H and O–H groups in total. The lowest BCUT2D eigenvalue weighted by atomic mass is 9.99. The van der Waals surface area contributed by atoms with Gasteiger partial charge >= 0.3 is 0 Å². The van der Waals surface area contributed by atoms with E-state index in [2.05, 4.69) is 17.0 Å². The van der Waals surface area contributed by atoms with Gasteiger partial charge in [-0.1, -0.05) is 23.7 Å². The number of benzene rings is 1. The van der Waals surface area contributed by atoms with E-state index in [-0.39, 0.29) is 0 Å². The van der Waals surface area contributed by atoms with Gasteiger partial charge in [0.15, 0.2) is 0 Å². The predicted molar refractivity (Wildman–Crippen MR) is 68.9 cm³/mol. The Balaban J connectivity index is 2.00. The normalized spacial score (nSPS) is 18.9. The first-order valence-corrected chi connectivity index (χ1v) is 6.35. The zero-order chi connectivity index (χ0) is 11.4. The summed E-state index contributed by atoms with van der Waals surface area (Å²) in [6.45, 7) is 4.24. The SMILES string of the molecule is NC[C@H](CN1CCCC1)c1ccc(Cl)cc1. The van der Waals surface area contributed by atoms with Crippen molar-refractivity contribution in [3.63, 3.8) is 0 Å². The van der Waals surface area contributed by atoms with Crippen LogP contribution in [0.3, 0.4) is 0 Å². The topological polar surface area (TPSA) is 29.3 Å². The first kappa shape index (κ1) is 11.9. The van der Waals surface area contributed by atoms with E-state index in [0.717, 1.165) is 11.6 Å². The van der Waals surface area contributed by atoms with Crippen molar-refractivity contribution in [1.29, 1.82) is 0 Å². The van der Waals surface area contributed by atoms with E-state index >= 15 is 0 Å². The van der Waals surface area contributed by atoms with Crippen LogP contribution in [0.2, 0.25) is 5.02 Å². The third-order valence-electron chi connectivity index (χ3n) is 3.30. The van der Waals surface area contributed by atoms with Crippen LogP contribution in [0, 0.1) is 0 Å². The van der Waals surface area contributed by atoms with E-state index < -0.39 is 0 Å². The average Bonchev–Trinajstić information content (AvgIpc) is 2.80. The summed E-state index contributed by atoms with van der Waals surface area (Å²) in [5.74, 6) is 0.440. The van der Waals surface area contributed by atoms with Gasteiger partial charge in [0.05, 0.1) is 0 Å². The van der Waals surface area contributed by atoms with Crippen LogP contribution in [0.1, 0.15) is 24.3 Å². The van der Waals surface area contributed by atoms with Crippen LogP contribution in [0.4, 0.5) is 0 Å². The number of nitrogens with two attached hydrogens (primary N) is 1. The molecule has 1 aromatic carbocycles. The zero-order valence-corrected chi connectivity index (χ0v) is 10.3. The fourth-order valence-electron chi connectivity index (χ4n) is 2.33. The quantitative estimate of drug-likeness (QED) is 0.873. The van der Waals surface area contributed by atoms with Gasteiger partial charge in [0.25, 0.3) is 0 Å². The Hall–Kier alpha value is -0.570. The van der Waals surface area contributed by atoms with Crippen molar-refractivity contribution < 1.29 is 0 Å². The molecule has 2 rings (SSSR count). The fourth-order valence-corrected chi connectivity index (χ4v) is 2.45. The number of hydrogen-bond donors (Lipinski definition) is 1. The van der Waals surface area contributed by atoms with Crippen LogP contribution < -0.4 is 5.73 Å². The first-order chi connectivity index (χ1) is 7.79. The molecule has 0 radical (unpaired) electrons. The van der Waals surface area contributed by atoms with Crippen molar-refractivity contribution in [2.24, 2.45) is 5.73 Å². The highest BCUT2D eigenvalue weighted by atomic mass is 35.5. The molecule has 1 aliphatic heterocycles. The summed E-state index contributed by atoms with van der Waals surface area (Å²) in [7, 11) is 0. The van der Waals surface area contributed by atoms with Crippen LogP contribution >= 0.6 is 11.6 Å². The number of halogens is 1. The van der Waals surface area contributed by atoms with Crippen molar-refractivity contribution in [3.8, 4) is 0 Å². The van der Waals surface area contributed by atoms with Gasteiger partial charge in [-0.3, -0.25) is 0 Å². The molecular formula is C13H19ClN2. The van der Waals surface area contributed by atoms with Gasteiger partial charge in [-0.25, -0.2) is 0 Å². The lowest BCUT2D eigenvalue weighted by Crippen LogP contribution is -2.29. The number of rotatable bonds is 4. The molecule has 1 heterocycles. The minimum absolute atomic E-state index is 0.440. The van der Waals surface area contributed by atoms with Crippen LogP contribution in [0.15, 0.2) is 24.3 Å². The molecule has 1 aliphatic rings. The standard InChI is InChI=1S/C13H19ClN2/c14-13-5-3-11(4-6-13)12(9-15)10-16-7-1-2-8-16/h3-6,12H,1-2,7-10,15H2/t12-/m1/s1. The van der Waals surface area contributed by atoms with E-state index in [9.17, 15) is 0 Å². The number of likely N-dealkylation sites (tertiary alicyclic amines) is 1. The van der Waals surface area contributed by atoms with Crippen LogP contribution in [-0.4, -0.2) is 31.1 Å². The summed E-state index contributed by atoms with van der Waals surface area (Å²) in [5, 5.41) is 0.792. The Morgan fingerprint density at radius 3 is 2.38 bits per heavy atom. The van der Waals surface area contributed by atoms with Gasteiger partial charge in [-0.15, -0.1) is 0 Å². The lowest BCUT2D eigenvalue weighted by molar-refractivity contribution is 0.315. The molecule has 88 valence electrons. The van der Waals surface area contributed by atoms with Crippen LogP contribution in [-0.2, 0) is 0 Å². The van der Waals surface area contributed by atoms with E-state index in [0.29, 0.717) is 12.5 Å². The molecule has 0 amide bonds. The summed E-state index contributed by atoms with van der Waals surface area (Å²) >= 11 is 5.89. The second-order valence-electron chi connectivity index (χ2n) is 4.49. The van der Waals surface area contributed by atoms with Gasteiger partial charge < -0.3 is 10.6 Å². The maximum atomic E-state index is 5.89. The molecule has 0 bridgehead atoms. The summed E-state index contributed by atoms with van der Waals surface area (Å²) in [6, 6.07) is 8.08. The maximum absolute atomic E-state index is 5.89. The Kier molecular flexibility index (Phi) is 4.22. The second-order valence-corrected chi connectivity index (χ2v) is 4.93. The fraction of sp³-hybridized carbons (Fsp3) is 0.538. The highest BCUT2D eigenvalue weighted by molar-refractivity contribution is 6.30. The lowest BCUT2D eigenvalue weighted by Gasteiger charge is -2.22. The third-order valence-corrected chi connectivity index (χ3v) is 3.56. The number of hydrogen-bond acceptors (Lipinski definition) is 2. The Morgan fingerprint density at radius 2 is 1.81 bits per heavy atom. The van der Waals surface area contributed by atoms with Crippen molar-refractivity contribution in [2.75, 3.05) is 26.2 Å². The Bertz CT molecular complexity index is 317. The third kappa shape index (κ3) is 2.97. The van der Waals surface area contributed by atoms with Crippen molar-refractivity contribution in [3.05, 3.63) is 34.9 Å². The minimum Gasteiger partial charge on any atom is -0.330 e. The zero-order valence-electron chi connectivity index (χ0n) is 9.53. The summed E-state index contributed by atoms with van der Waals surface area (Å²) in [6.07, 6.45) is 2.66. The molecule has 0 aromatic heterocycles. The minimum atomic E-state index is 0.440. The molecular weight excluding hydrogens is 220 g/mol. The van der Waals surface area contributed by atoms with E-state index in [1.165, 1.54) is 31.5 Å². The molecule has 0 unspecified atom stereocenters. The molecule has 0 aliphatic carbocycles. The molecule has 1 atom stereocenters. The highest BCUT2D eigenvalue weighted by Crippen LogP contribution is 2.20. The van der Waals surface area contributed by atoms with E-state index in [1.54, 1.807) is 0 Å². The Morgan fingerprint density at radius 1 is 1.19 bits per heavy atom. The van der Waals surface area contributed by atoms with Gasteiger partial charge in [-0.2, -0.15) is 0 Å². The summed E-state index contributed by atoms with van der Waals surface area (Å²) in [4.78, 5) is 2.51. The molecule has 1 saturated heterocycles. The van der Waals surface area contributed by atoms with Gasteiger partial charge in [0.1, 0.15) is 0 Å². The van der Waals surface area contributed by atoms with Crippen molar-refractivity contribution in [1.82, 2.24) is 4.90 Å². The maximum Gasteiger partial charge on any atom is 0.0406 e. The predicted octanol–water partition coefficient (Wildman–Crippen LogP) is 2.48. The monoisotopic (exact) mass is 238 g/mol. The molecule has 1 fully saturated rings. The average molecular weight is 239 g/mol. The molecule has 1 aromatic rings. The molecule has 3 heteroatoms. The van der Waals surface area contributed by atoms with Gasteiger partial charge in [-0.05, 0) is 43.6 Å². The largest absolute Gasteiger partial charge is 0.330 e. The second kappa shape index (κ2) is 5.67. The highest BCUT2D eigenvalue weighted by Gasteiger charge is 2.17. The van der Waals surface area contributed by atoms with E-state index in [1.807, 2.05) is 12.1 Å². The van der Waals surface area contributed by atoms with Gasteiger partial charge in [0.2, 0.25) is 0 Å². The van der Waals surface area contributed by atoms with Gasteiger partial charge in [0, 0.05) is 24.0 Å². The smallest absolute Gasteiger partial charge is 0.0406 e. The van der Waals surface area contributed by atoms with Crippen molar-refractivity contribution in [2.45, 2.75) is 18.8 Å².